The summed E-state index contributed by atoms with van der Waals surface area (Å²) in [6.45, 7) is 4.62. The van der Waals surface area contributed by atoms with Crippen molar-refractivity contribution >= 4 is 21.6 Å². The Morgan fingerprint density at radius 2 is 2.11 bits per heavy atom. The van der Waals surface area contributed by atoms with Gasteiger partial charge in [-0.25, -0.2) is 0 Å². The van der Waals surface area contributed by atoms with Crippen molar-refractivity contribution in [3.05, 3.63) is 23.8 Å². The zero-order chi connectivity index (χ0) is 14.0. The number of hydrogen-bond acceptors (Lipinski definition) is 3. The lowest BCUT2D eigenvalue weighted by Crippen LogP contribution is -2.37. The van der Waals surface area contributed by atoms with E-state index in [0.717, 1.165) is 25.1 Å². The first-order chi connectivity index (χ1) is 8.90. The molecule has 2 N–H and O–H groups in total. The fourth-order valence-corrected chi connectivity index (χ4v) is 3.15. The molecule has 19 heavy (non-hydrogen) atoms. The molecule has 0 aliphatic carbocycles. The highest BCUT2D eigenvalue weighted by atomic mass is 32.2. The molecule has 5 nitrogen and oxygen atoms in total. The van der Waals surface area contributed by atoms with Crippen molar-refractivity contribution in [1.82, 2.24) is 4.31 Å². The van der Waals surface area contributed by atoms with E-state index in [1.54, 1.807) is 7.05 Å². The molecule has 0 bridgehead atoms. The Bertz CT molecular complexity index is 555. The number of anilines is 2. The molecule has 0 spiro atoms. The van der Waals surface area contributed by atoms with Crippen LogP contribution in [0.3, 0.4) is 0 Å². The highest BCUT2D eigenvalue weighted by molar-refractivity contribution is 7.90. The van der Waals surface area contributed by atoms with E-state index in [1.165, 1.54) is 9.87 Å². The highest BCUT2D eigenvalue weighted by Crippen LogP contribution is 2.26. The van der Waals surface area contributed by atoms with E-state index in [1.807, 2.05) is 32.0 Å². The third-order valence-corrected chi connectivity index (χ3v) is 5.07. The van der Waals surface area contributed by atoms with Gasteiger partial charge in [-0.2, -0.15) is 12.7 Å². The standard InChI is InChI=1S/C13H21N3O2S/c1-10(2)16(3)19(17,18)15-12-7-6-11-5-4-8-14-13(11)9-12/h6-7,9-10,14-15H,4-5,8H2,1-3H3. The van der Waals surface area contributed by atoms with Crippen LogP contribution < -0.4 is 10.0 Å². The van der Waals surface area contributed by atoms with Gasteiger partial charge in [-0.15, -0.1) is 0 Å². The second-order valence-corrected chi connectivity index (χ2v) is 6.85. The summed E-state index contributed by atoms with van der Waals surface area (Å²) in [5, 5.41) is 3.29. The van der Waals surface area contributed by atoms with Gasteiger partial charge in [0.05, 0.1) is 5.69 Å². The number of aryl methyl sites for hydroxylation is 1. The molecule has 0 amide bonds. The van der Waals surface area contributed by atoms with E-state index in [9.17, 15) is 8.42 Å². The smallest absolute Gasteiger partial charge is 0.301 e. The first kappa shape index (κ1) is 14.1. The molecular formula is C13H21N3O2S. The first-order valence-electron chi connectivity index (χ1n) is 6.53. The number of hydrogen-bond donors (Lipinski definition) is 2. The van der Waals surface area contributed by atoms with Gasteiger partial charge in [-0.3, -0.25) is 4.72 Å². The molecule has 106 valence electrons. The second-order valence-electron chi connectivity index (χ2n) is 5.12. The van der Waals surface area contributed by atoms with Crippen molar-refractivity contribution in [2.24, 2.45) is 0 Å². The highest BCUT2D eigenvalue weighted by Gasteiger charge is 2.20. The molecule has 0 radical (unpaired) electrons. The van der Waals surface area contributed by atoms with Crippen LogP contribution in [-0.4, -0.2) is 32.4 Å². The lowest BCUT2D eigenvalue weighted by atomic mass is 10.0. The Kier molecular flexibility index (Phi) is 4.01. The summed E-state index contributed by atoms with van der Waals surface area (Å²) in [6.07, 6.45) is 2.16. The summed E-state index contributed by atoms with van der Waals surface area (Å²) in [5.41, 5.74) is 2.87. The van der Waals surface area contributed by atoms with E-state index >= 15 is 0 Å². The van der Waals surface area contributed by atoms with Crippen molar-refractivity contribution in [2.45, 2.75) is 32.7 Å². The van der Waals surface area contributed by atoms with Gasteiger partial charge >= 0.3 is 10.2 Å². The largest absolute Gasteiger partial charge is 0.385 e. The average molecular weight is 283 g/mol. The van der Waals surface area contributed by atoms with Gasteiger partial charge in [-0.05, 0) is 44.4 Å². The van der Waals surface area contributed by atoms with Gasteiger partial charge in [0.15, 0.2) is 0 Å². The van der Waals surface area contributed by atoms with Gasteiger partial charge in [0.2, 0.25) is 0 Å². The van der Waals surface area contributed by atoms with Gasteiger partial charge in [-0.1, -0.05) is 6.07 Å². The molecule has 1 aliphatic heterocycles. The van der Waals surface area contributed by atoms with E-state index in [-0.39, 0.29) is 6.04 Å². The molecule has 0 saturated heterocycles. The lowest BCUT2D eigenvalue weighted by Gasteiger charge is -2.23. The summed E-state index contributed by atoms with van der Waals surface area (Å²) in [7, 11) is -1.91. The third kappa shape index (κ3) is 3.19. The molecule has 0 fully saturated rings. The molecular weight excluding hydrogens is 262 g/mol. The molecule has 0 saturated carbocycles. The fourth-order valence-electron chi connectivity index (χ4n) is 2.02. The number of benzene rings is 1. The quantitative estimate of drug-likeness (QED) is 0.889. The fraction of sp³-hybridized carbons (Fsp3) is 0.538. The zero-order valence-electron chi connectivity index (χ0n) is 11.6. The topological polar surface area (TPSA) is 61.4 Å². The molecule has 1 aromatic rings. The van der Waals surface area contributed by atoms with Crippen molar-refractivity contribution in [2.75, 3.05) is 23.6 Å². The molecule has 0 aromatic heterocycles. The number of nitrogens with zero attached hydrogens (tertiary/aromatic N) is 1. The molecule has 0 unspecified atom stereocenters. The first-order valence-corrected chi connectivity index (χ1v) is 7.97. The summed E-state index contributed by atoms with van der Waals surface area (Å²) >= 11 is 0. The minimum atomic E-state index is -3.48. The van der Waals surface area contributed by atoms with Crippen LogP contribution in [0, 0.1) is 0 Å². The van der Waals surface area contributed by atoms with Crippen LogP contribution in [0.4, 0.5) is 11.4 Å². The van der Waals surface area contributed by atoms with Crippen LogP contribution in [0.2, 0.25) is 0 Å². The summed E-state index contributed by atoms with van der Waals surface area (Å²) in [5.74, 6) is 0. The third-order valence-electron chi connectivity index (χ3n) is 3.40. The van der Waals surface area contributed by atoms with Gasteiger partial charge < -0.3 is 5.32 Å². The van der Waals surface area contributed by atoms with E-state index in [4.69, 9.17) is 0 Å². The molecule has 1 aliphatic rings. The molecule has 6 heteroatoms. The second kappa shape index (κ2) is 5.38. The maximum atomic E-state index is 12.1. The van der Waals surface area contributed by atoms with Crippen LogP contribution >= 0.6 is 0 Å². The minimum absolute atomic E-state index is 0.0757. The van der Waals surface area contributed by atoms with Crippen LogP contribution in [0.5, 0.6) is 0 Å². The Labute approximate surface area is 115 Å². The van der Waals surface area contributed by atoms with E-state index in [0.29, 0.717) is 5.69 Å². The normalized spacial score (nSPS) is 15.2. The average Bonchev–Trinajstić information content (AvgIpc) is 2.37. The number of rotatable bonds is 4. The monoisotopic (exact) mass is 283 g/mol. The Morgan fingerprint density at radius 1 is 1.37 bits per heavy atom. The number of fused-ring (bicyclic) bond motifs is 1. The summed E-state index contributed by atoms with van der Waals surface area (Å²) in [4.78, 5) is 0. The van der Waals surface area contributed by atoms with Gasteiger partial charge in [0, 0.05) is 25.3 Å². The summed E-state index contributed by atoms with van der Waals surface area (Å²) < 4.78 is 28.1. The Balaban J connectivity index is 2.20. The van der Waals surface area contributed by atoms with E-state index < -0.39 is 10.2 Å². The Morgan fingerprint density at radius 3 is 2.79 bits per heavy atom. The summed E-state index contributed by atoms with van der Waals surface area (Å²) in [6, 6.07) is 5.58. The van der Waals surface area contributed by atoms with Crippen molar-refractivity contribution < 1.29 is 8.42 Å². The SMILES string of the molecule is CC(C)N(C)S(=O)(=O)Nc1ccc2c(c1)NCCC2. The molecule has 1 aromatic carbocycles. The van der Waals surface area contributed by atoms with Crippen LogP contribution in [0.1, 0.15) is 25.8 Å². The maximum absolute atomic E-state index is 12.1. The van der Waals surface area contributed by atoms with Gasteiger partial charge in [0.25, 0.3) is 0 Å². The van der Waals surface area contributed by atoms with Crippen molar-refractivity contribution in [1.29, 1.82) is 0 Å². The minimum Gasteiger partial charge on any atom is -0.385 e. The van der Waals surface area contributed by atoms with Crippen molar-refractivity contribution in [3.63, 3.8) is 0 Å². The van der Waals surface area contributed by atoms with Crippen LogP contribution in [0.25, 0.3) is 0 Å². The maximum Gasteiger partial charge on any atom is 0.301 e. The predicted molar refractivity (Wildman–Crippen MR) is 78.7 cm³/mol. The predicted octanol–water partition coefficient (Wildman–Crippen LogP) is 2.04. The van der Waals surface area contributed by atoms with Gasteiger partial charge in [0.1, 0.15) is 0 Å². The van der Waals surface area contributed by atoms with Crippen LogP contribution in [0.15, 0.2) is 18.2 Å². The van der Waals surface area contributed by atoms with Crippen LogP contribution in [-0.2, 0) is 16.6 Å². The van der Waals surface area contributed by atoms with Crippen molar-refractivity contribution in [3.8, 4) is 0 Å². The molecule has 0 atom stereocenters. The lowest BCUT2D eigenvalue weighted by molar-refractivity contribution is 0.414. The molecule has 2 rings (SSSR count). The zero-order valence-corrected chi connectivity index (χ0v) is 12.4. The van der Waals surface area contributed by atoms with E-state index in [2.05, 4.69) is 10.0 Å². The Hall–Kier alpha value is -1.27. The number of nitrogens with one attached hydrogen (secondary N) is 2. The molecule has 1 heterocycles.